The fraction of sp³-hybridized carbons (Fsp3) is 0.905. The van der Waals surface area contributed by atoms with Crippen LogP contribution in [0.15, 0.2) is 36.5 Å². The molecule has 17 atom stereocenters. The Morgan fingerprint density at radius 3 is 1.11 bits per heavy atom. The first kappa shape index (κ1) is 85.2. The molecule has 19 nitrogen and oxygen atoms in total. The van der Waals surface area contributed by atoms with E-state index >= 15 is 0 Å². The lowest BCUT2D eigenvalue weighted by atomic mass is 9.96. The van der Waals surface area contributed by atoms with E-state index in [0.717, 1.165) is 64.2 Å². The Bertz CT molecular complexity index is 1830. The van der Waals surface area contributed by atoms with Gasteiger partial charge in [-0.15, -0.1) is 0 Å². The van der Waals surface area contributed by atoms with Crippen LogP contribution in [-0.4, -0.2) is 193 Å². The van der Waals surface area contributed by atoms with Crippen LogP contribution in [0.4, 0.5) is 0 Å². The van der Waals surface area contributed by atoms with Crippen molar-refractivity contribution in [3.05, 3.63) is 36.5 Å². The molecule has 0 spiro atoms. The van der Waals surface area contributed by atoms with Gasteiger partial charge < -0.3 is 89.9 Å². The minimum Gasteiger partial charge on any atom is -0.394 e. The van der Waals surface area contributed by atoms with Gasteiger partial charge in [-0.25, -0.2) is 0 Å². The number of carbonyl (C=O) groups is 1. The first-order chi connectivity index (χ1) is 45.3. The molecule has 0 bridgehead atoms. The molecule has 3 fully saturated rings. The van der Waals surface area contributed by atoms with Gasteiger partial charge in [0, 0.05) is 6.42 Å². The highest BCUT2D eigenvalue weighted by Gasteiger charge is 2.53. The van der Waals surface area contributed by atoms with Crippen LogP contribution in [-0.2, 0) is 33.2 Å². The molecule has 0 aromatic heterocycles. The number of hydrogen-bond acceptors (Lipinski definition) is 18. The molecule has 19 heteroatoms. The van der Waals surface area contributed by atoms with Crippen LogP contribution in [0.2, 0.25) is 0 Å². The molecule has 3 heterocycles. The zero-order chi connectivity index (χ0) is 67.5. The lowest BCUT2D eigenvalue weighted by Crippen LogP contribution is -2.66. The molecule has 93 heavy (non-hydrogen) atoms. The van der Waals surface area contributed by atoms with Crippen molar-refractivity contribution in [3.63, 3.8) is 0 Å². The number of amides is 1. The highest BCUT2D eigenvalue weighted by molar-refractivity contribution is 5.76. The highest BCUT2D eigenvalue weighted by Crippen LogP contribution is 2.33. The Balaban J connectivity index is 1.41. The standard InChI is InChI=1S/C74H137NO18/c1-3-5-7-9-11-13-15-17-19-21-23-25-27-28-30-32-34-36-38-40-42-44-46-48-50-52-62(80)75-57(58(79)51-49-47-45-43-41-39-37-35-33-31-29-26-24-22-20-18-16-14-12-10-8-6-4-2)56-88-72-68(86)65(83)70(60(54-77)90-72)93-74-69(87)66(84)71(61(55-78)91-74)92-73-67(85)64(82)63(81)59(53-76)89-73/h15,17,21,23,27-28,57-61,63-74,76-79,81-87H,3-14,16,18-20,22,24-26,29-56H2,1-2H3,(H,75,80)/b17-15-,23-21-,28-27-. The van der Waals surface area contributed by atoms with Crippen LogP contribution in [0.25, 0.3) is 0 Å². The SMILES string of the molecule is CCCCCCC/C=C\C/C=C\C/C=C\CCCCCCCCCCCCC(=O)NC(COC1OC(CO)C(OC2OC(CO)C(OC3OC(CO)C(O)C(O)C3O)C(O)C2O)C(O)C1O)C(O)CCCCCCCCCCCCCCCCCCCCCCCCC. The smallest absolute Gasteiger partial charge is 0.220 e. The predicted octanol–water partition coefficient (Wildman–Crippen LogP) is 11.2. The van der Waals surface area contributed by atoms with Gasteiger partial charge in [-0.3, -0.25) is 4.79 Å². The maximum absolute atomic E-state index is 13.5. The summed E-state index contributed by atoms with van der Waals surface area (Å²) in [6.45, 7) is 1.82. The van der Waals surface area contributed by atoms with Crippen LogP contribution in [0.3, 0.4) is 0 Å². The molecule has 0 aromatic carbocycles. The van der Waals surface area contributed by atoms with Crippen LogP contribution in [0.1, 0.15) is 296 Å². The summed E-state index contributed by atoms with van der Waals surface area (Å²) in [5, 5.41) is 121. The predicted molar refractivity (Wildman–Crippen MR) is 365 cm³/mol. The lowest BCUT2D eigenvalue weighted by Gasteiger charge is -2.48. The summed E-state index contributed by atoms with van der Waals surface area (Å²) in [7, 11) is 0. The summed E-state index contributed by atoms with van der Waals surface area (Å²) in [5.74, 6) is -0.244. The third-order valence-corrected chi connectivity index (χ3v) is 19.0. The maximum Gasteiger partial charge on any atom is 0.220 e. The molecule has 3 saturated heterocycles. The summed E-state index contributed by atoms with van der Waals surface area (Å²) >= 11 is 0. The monoisotopic (exact) mass is 1330 g/mol. The average molecular weight is 1330 g/mol. The molecule has 0 aromatic rings. The third-order valence-electron chi connectivity index (χ3n) is 19.0. The summed E-state index contributed by atoms with van der Waals surface area (Å²) in [6, 6.07) is -0.891. The van der Waals surface area contributed by atoms with Gasteiger partial charge in [0.1, 0.15) is 73.2 Å². The molecule has 3 aliphatic rings. The van der Waals surface area contributed by atoms with E-state index in [1.165, 1.54) is 199 Å². The summed E-state index contributed by atoms with van der Waals surface area (Å²) in [6.07, 6.45) is 39.3. The van der Waals surface area contributed by atoms with Gasteiger partial charge in [0.2, 0.25) is 5.91 Å². The Hall–Kier alpha value is -1.99. The zero-order valence-corrected chi connectivity index (χ0v) is 58.0. The van der Waals surface area contributed by atoms with E-state index in [2.05, 4.69) is 55.6 Å². The zero-order valence-electron chi connectivity index (χ0n) is 58.0. The molecule has 1 amide bonds. The van der Waals surface area contributed by atoms with Gasteiger partial charge in [0.05, 0.1) is 38.6 Å². The summed E-state index contributed by atoms with van der Waals surface area (Å²) < 4.78 is 34.5. The van der Waals surface area contributed by atoms with Crippen molar-refractivity contribution in [2.45, 2.75) is 401 Å². The van der Waals surface area contributed by atoms with E-state index in [0.29, 0.717) is 12.8 Å². The number of carbonyl (C=O) groups excluding carboxylic acids is 1. The molecule has 3 aliphatic heterocycles. The van der Waals surface area contributed by atoms with Crippen molar-refractivity contribution in [1.29, 1.82) is 0 Å². The van der Waals surface area contributed by atoms with Crippen molar-refractivity contribution in [1.82, 2.24) is 5.32 Å². The minimum absolute atomic E-state index is 0.244. The topological polar surface area (TPSA) is 307 Å². The fourth-order valence-corrected chi connectivity index (χ4v) is 12.9. The van der Waals surface area contributed by atoms with E-state index in [1.807, 2.05) is 0 Å². The summed E-state index contributed by atoms with van der Waals surface area (Å²) in [5.41, 5.74) is 0. The fourth-order valence-electron chi connectivity index (χ4n) is 12.9. The van der Waals surface area contributed by atoms with E-state index in [-0.39, 0.29) is 18.9 Å². The van der Waals surface area contributed by atoms with Gasteiger partial charge in [0.15, 0.2) is 18.9 Å². The van der Waals surface area contributed by atoms with Crippen LogP contribution >= 0.6 is 0 Å². The number of nitrogens with one attached hydrogen (secondary N) is 1. The lowest BCUT2D eigenvalue weighted by molar-refractivity contribution is -0.379. The van der Waals surface area contributed by atoms with Crippen molar-refractivity contribution < 1.29 is 89.4 Å². The Labute approximate surface area is 561 Å². The van der Waals surface area contributed by atoms with Crippen molar-refractivity contribution in [3.8, 4) is 0 Å². The molecular formula is C74H137NO18. The second-order valence-electron chi connectivity index (χ2n) is 27.1. The molecule has 0 radical (unpaired) electrons. The van der Waals surface area contributed by atoms with Crippen molar-refractivity contribution in [2.75, 3.05) is 26.4 Å². The van der Waals surface area contributed by atoms with E-state index in [1.54, 1.807) is 0 Å². The second-order valence-corrected chi connectivity index (χ2v) is 27.1. The van der Waals surface area contributed by atoms with Gasteiger partial charge >= 0.3 is 0 Å². The van der Waals surface area contributed by atoms with Crippen molar-refractivity contribution >= 4 is 5.91 Å². The normalized spacial score (nSPS) is 27.7. The Morgan fingerprint density at radius 1 is 0.387 bits per heavy atom. The maximum atomic E-state index is 13.5. The highest BCUT2D eigenvalue weighted by atomic mass is 16.8. The number of hydrogen-bond donors (Lipinski definition) is 12. The average Bonchev–Trinajstić information content (AvgIpc) is 0.819. The Morgan fingerprint density at radius 2 is 0.710 bits per heavy atom. The number of aliphatic hydroxyl groups excluding tert-OH is 11. The van der Waals surface area contributed by atoms with Gasteiger partial charge in [0.25, 0.3) is 0 Å². The molecule has 17 unspecified atom stereocenters. The van der Waals surface area contributed by atoms with E-state index < -0.39 is 124 Å². The third kappa shape index (κ3) is 37.1. The first-order valence-electron chi connectivity index (χ1n) is 37.7. The number of rotatable bonds is 59. The Kier molecular flexibility index (Phi) is 51.2. The molecule has 12 N–H and O–H groups in total. The molecular weight excluding hydrogens is 1190 g/mol. The molecule has 546 valence electrons. The second kappa shape index (κ2) is 55.8. The first-order valence-corrected chi connectivity index (χ1v) is 37.7. The van der Waals surface area contributed by atoms with Gasteiger partial charge in [-0.05, 0) is 51.4 Å². The van der Waals surface area contributed by atoms with Crippen molar-refractivity contribution in [2.24, 2.45) is 0 Å². The van der Waals surface area contributed by atoms with E-state index in [4.69, 9.17) is 28.4 Å². The number of ether oxygens (including phenoxy) is 6. The quantitative estimate of drug-likeness (QED) is 0.0199. The number of aliphatic hydroxyl groups is 11. The number of unbranched alkanes of at least 4 members (excludes halogenated alkanes) is 37. The molecule has 0 saturated carbocycles. The van der Waals surface area contributed by atoms with Crippen LogP contribution < -0.4 is 5.32 Å². The summed E-state index contributed by atoms with van der Waals surface area (Å²) in [4.78, 5) is 13.5. The molecule has 3 rings (SSSR count). The van der Waals surface area contributed by atoms with Crippen LogP contribution in [0.5, 0.6) is 0 Å². The van der Waals surface area contributed by atoms with Gasteiger partial charge in [-0.1, -0.05) is 275 Å². The largest absolute Gasteiger partial charge is 0.394 e. The molecule has 0 aliphatic carbocycles. The van der Waals surface area contributed by atoms with E-state index in [9.17, 15) is 61.0 Å². The van der Waals surface area contributed by atoms with Gasteiger partial charge in [-0.2, -0.15) is 0 Å². The minimum atomic E-state index is -1.97. The van der Waals surface area contributed by atoms with Crippen LogP contribution in [0, 0.1) is 0 Å². The number of allylic oxidation sites excluding steroid dienone is 6.